The van der Waals surface area contributed by atoms with E-state index in [2.05, 4.69) is 15.3 Å². The van der Waals surface area contributed by atoms with Crippen LogP contribution in [-0.2, 0) is 12.4 Å². The number of aromatic nitrogens is 2. The lowest BCUT2D eigenvalue weighted by atomic mass is 10.3. The van der Waals surface area contributed by atoms with Crippen LogP contribution in [0.25, 0.3) is 0 Å². The van der Waals surface area contributed by atoms with Gasteiger partial charge < -0.3 is 10.2 Å². The summed E-state index contributed by atoms with van der Waals surface area (Å²) in [5.41, 5.74) is -3.18. The molecule has 1 fully saturated rings. The minimum Gasteiger partial charge on any atom is -0.338 e. The molecule has 4 nitrogen and oxygen atoms in total. The van der Waals surface area contributed by atoms with E-state index in [0.717, 1.165) is 0 Å². The fourth-order valence-electron chi connectivity index (χ4n) is 1.73. The van der Waals surface area contributed by atoms with E-state index in [-0.39, 0.29) is 19.2 Å². The first-order valence-corrected chi connectivity index (χ1v) is 5.67. The standard InChI is InChI=1S/C10H10F6N4/c11-9(12,13)6-5-7(10(14,15)16)19-8(18-6)20-3-1-17-2-4-20/h5,17H,1-4H2. The van der Waals surface area contributed by atoms with Gasteiger partial charge in [0.1, 0.15) is 0 Å². The Balaban J connectivity index is 2.45. The Bertz CT molecular complexity index is 445. The quantitative estimate of drug-likeness (QED) is 0.805. The van der Waals surface area contributed by atoms with E-state index < -0.39 is 29.7 Å². The fraction of sp³-hybridized carbons (Fsp3) is 0.600. The molecule has 0 bridgehead atoms. The van der Waals surface area contributed by atoms with Crippen LogP contribution >= 0.6 is 0 Å². The zero-order valence-corrected chi connectivity index (χ0v) is 10.0. The number of halogens is 6. The zero-order chi connectivity index (χ0) is 15.0. The molecule has 0 saturated carbocycles. The highest BCUT2D eigenvalue weighted by Crippen LogP contribution is 2.34. The van der Waals surface area contributed by atoms with E-state index in [4.69, 9.17) is 0 Å². The van der Waals surface area contributed by atoms with E-state index in [0.29, 0.717) is 13.1 Å². The molecule has 0 unspecified atom stereocenters. The molecule has 0 spiro atoms. The maximum Gasteiger partial charge on any atom is 0.433 e. The third kappa shape index (κ3) is 3.30. The summed E-state index contributed by atoms with van der Waals surface area (Å²) in [6, 6.07) is -0.0777. The lowest BCUT2D eigenvalue weighted by Crippen LogP contribution is -2.44. The van der Waals surface area contributed by atoms with E-state index in [1.165, 1.54) is 4.90 Å². The molecule has 1 aromatic rings. The van der Waals surface area contributed by atoms with Gasteiger partial charge in [-0.3, -0.25) is 0 Å². The Morgan fingerprint density at radius 1 is 0.900 bits per heavy atom. The number of hydrogen-bond acceptors (Lipinski definition) is 4. The van der Waals surface area contributed by atoms with Crippen molar-refractivity contribution in [2.24, 2.45) is 0 Å². The van der Waals surface area contributed by atoms with Crippen molar-refractivity contribution in [3.05, 3.63) is 17.5 Å². The highest BCUT2D eigenvalue weighted by molar-refractivity contribution is 5.34. The second-order valence-corrected chi connectivity index (χ2v) is 4.17. The van der Waals surface area contributed by atoms with Crippen LogP contribution in [0.5, 0.6) is 0 Å². The smallest absolute Gasteiger partial charge is 0.338 e. The summed E-state index contributed by atoms with van der Waals surface area (Å²) >= 11 is 0. The first-order valence-electron chi connectivity index (χ1n) is 5.67. The van der Waals surface area contributed by atoms with Crippen LogP contribution < -0.4 is 10.2 Å². The fourth-order valence-corrected chi connectivity index (χ4v) is 1.73. The van der Waals surface area contributed by atoms with Crippen molar-refractivity contribution in [1.29, 1.82) is 0 Å². The molecule has 2 heterocycles. The second kappa shape index (κ2) is 5.08. The first kappa shape index (κ1) is 14.8. The van der Waals surface area contributed by atoms with E-state index in [1.54, 1.807) is 0 Å². The third-order valence-electron chi connectivity index (χ3n) is 2.70. The summed E-state index contributed by atoms with van der Waals surface area (Å²) in [7, 11) is 0. The summed E-state index contributed by atoms with van der Waals surface area (Å²) in [6.45, 7) is 1.39. The minimum absolute atomic E-state index is 0.0777. The van der Waals surface area contributed by atoms with E-state index in [1.807, 2.05) is 0 Å². The molecule has 0 amide bonds. The molecular formula is C10H10F6N4. The van der Waals surface area contributed by atoms with Gasteiger partial charge >= 0.3 is 12.4 Å². The molecule has 112 valence electrons. The van der Waals surface area contributed by atoms with E-state index >= 15 is 0 Å². The van der Waals surface area contributed by atoms with Crippen LogP contribution in [0.3, 0.4) is 0 Å². The number of alkyl halides is 6. The molecular weight excluding hydrogens is 290 g/mol. The van der Waals surface area contributed by atoms with Crippen molar-refractivity contribution in [3.8, 4) is 0 Å². The van der Waals surface area contributed by atoms with Crippen molar-refractivity contribution in [2.45, 2.75) is 12.4 Å². The number of nitrogens with one attached hydrogen (secondary N) is 1. The molecule has 0 aromatic carbocycles. The Morgan fingerprint density at radius 2 is 1.35 bits per heavy atom. The molecule has 1 aliphatic rings. The van der Waals surface area contributed by atoms with Crippen LogP contribution in [-0.4, -0.2) is 36.1 Å². The summed E-state index contributed by atoms with van der Waals surface area (Å²) in [5.74, 6) is -0.548. The Hall–Kier alpha value is -1.58. The monoisotopic (exact) mass is 300 g/mol. The van der Waals surface area contributed by atoms with Crippen molar-refractivity contribution >= 4 is 5.95 Å². The van der Waals surface area contributed by atoms with Gasteiger partial charge in [0.05, 0.1) is 0 Å². The van der Waals surface area contributed by atoms with Crippen molar-refractivity contribution in [1.82, 2.24) is 15.3 Å². The lowest BCUT2D eigenvalue weighted by Gasteiger charge is -2.28. The van der Waals surface area contributed by atoms with Gasteiger partial charge in [0, 0.05) is 26.2 Å². The molecule has 1 aromatic heterocycles. The van der Waals surface area contributed by atoms with Gasteiger partial charge in [0.25, 0.3) is 0 Å². The van der Waals surface area contributed by atoms with E-state index in [9.17, 15) is 26.3 Å². The minimum atomic E-state index is -4.95. The number of piperazine rings is 1. The topological polar surface area (TPSA) is 41.1 Å². The third-order valence-corrected chi connectivity index (χ3v) is 2.70. The molecule has 1 aliphatic heterocycles. The normalized spacial score (nSPS) is 17.4. The van der Waals surface area contributed by atoms with Crippen LogP contribution in [0.1, 0.15) is 11.4 Å². The van der Waals surface area contributed by atoms with Gasteiger partial charge in [-0.2, -0.15) is 26.3 Å². The Morgan fingerprint density at radius 3 is 1.75 bits per heavy atom. The number of anilines is 1. The van der Waals surface area contributed by atoms with Gasteiger partial charge in [-0.25, -0.2) is 9.97 Å². The molecule has 0 atom stereocenters. The summed E-state index contributed by atoms with van der Waals surface area (Å²) < 4.78 is 75.7. The van der Waals surface area contributed by atoms with Gasteiger partial charge in [-0.05, 0) is 6.07 Å². The summed E-state index contributed by atoms with van der Waals surface area (Å²) in [4.78, 5) is 7.70. The Kier molecular flexibility index (Phi) is 3.76. The number of nitrogens with zero attached hydrogens (tertiary/aromatic N) is 3. The first-order chi connectivity index (χ1) is 9.18. The summed E-state index contributed by atoms with van der Waals surface area (Å²) in [5, 5.41) is 2.93. The molecule has 20 heavy (non-hydrogen) atoms. The van der Waals surface area contributed by atoms with Crippen molar-refractivity contribution in [3.63, 3.8) is 0 Å². The predicted octanol–water partition coefficient (Wildman–Crippen LogP) is 1.92. The molecule has 1 saturated heterocycles. The maximum atomic E-state index is 12.6. The van der Waals surface area contributed by atoms with Crippen molar-refractivity contribution in [2.75, 3.05) is 31.1 Å². The SMILES string of the molecule is FC(F)(F)c1cc(C(F)(F)F)nc(N2CCNCC2)n1. The van der Waals surface area contributed by atoms with Gasteiger partial charge in [-0.15, -0.1) is 0 Å². The Labute approximate surface area is 109 Å². The predicted molar refractivity (Wildman–Crippen MR) is 57.1 cm³/mol. The number of rotatable bonds is 1. The lowest BCUT2D eigenvalue weighted by molar-refractivity contribution is -0.147. The highest BCUT2D eigenvalue weighted by Gasteiger charge is 2.40. The highest BCUT2D eigenvalue weighted by atomic mass is 19.4. The van der Waals surface area contributed by atoms with Gasteiger partial charge in [-0.1, -0.05) is 0 Å². The average molecular weight is 300 g/mol. The van der Waals surface area contributed by atoms with Crippen LogP contribution in [0, 0.1) is 0 Å². The summed E-state index contributed by atoms with van der Waals surface area (Å²) in [6.07, 6.45) is -9.91. The van der Waals surface area contributed by atoms with Crippen LogP contribution in [0.2, 0.25) is 0 Å². The number of hydrogen-bond donors (Lipinski definition) is 1. The molecule has 0 aliphatic carbocycles. The van der Waals surface area contributed by atoms with Gasteiger partial charge in [0.2, 0.25) is 5.95 Å². The molecule has 10 heteroatoms. The molecule has 1 N–H and O–H groups in total. The zero-order valence-electron chi connectivity index (χ0n) is 10.0. The van der Waals surface area contributed by atoms with Crippen molar-refractivity contribution < 1.29 is 26.3 Å². The maximum absolute atomic E-state index is 12.6. The molecule has 2 rings (SSSR count). The van der Waals surface area contributed by atoms with Gasteiger partial charge in [0.15, 0.2) is 11.4 Å². The van der Waals surface area contributed by atoms with Crippen LogP contribution in [0.4, 0.5) is 32.3 Å². The van der Waals surface area contributed by atoms with Crippen LogP contribution in [0.15, 0.2) is 6.07 Å². The largest absolute Gasteiger partial charge is 0.433 e. The average Bonchev–Trinajstić information content (AvgIpc) is 2.37. The second-order valence-electron chi connectivity index (χ2n) is 4.17. The molecule has 0 radical (unpaired) electrons.